The Bertz CT molecular complexity index is 334. The summed E-state index contributed by atoms with van der Waals surface area (Å²) in [5.41, 5.74) is 1.19. The molecule has 0 saturated heterocycles. The average molecular weight is 227 g/mol. The SMILES string of the molecule is CC(C)C(C)c1ccnc(N(C)C)c1Cl. The topological polar surface area (TPSA) is 16.1 Å². The lowest BCUT2D eigenvalue weighted by molar-refractivity contribution is 0.535. The highest BCUT2D eigenvalue weighted by atomic mass is 35.5. The van der Waals surface area contributed by atoms with E-state index in [1.54, 1.807) is 0 Å². The first-order chi connectivity index (χ1) is 6.95. The highest BCUT2D eigenvalue weighted by molar-refractivity contribution is 6.33. The molecule has 84 valence electrons. The van der Waals surface area contributed by atoms with E-state index in [-0.39, 0.29) is 0 Å². The van der Waals surface area contributed by atoms with Gasteiger partial charge in [0, 0.05) is 20.3 Å². The molecule has 15 heavy (non-hydrogen) atoms. The van der Waals surface area contributed by atoms with Crippen LogP contribution in [0.5, 0.6) is 0 Å². The molecular weight excluding hydrogens is 208 g/mol. The maximum absolute atomic E-state index is 6.34. The quantitative estimate of drug-likeness (QED) is 0.784. The van der Waals surface area contributed by atoms with Crippen LogP contribution in [0.15, 0.2) is 12.3 Å². The molecule has 3 heteroatoms. The van der Waals surface area contributed by atoms with Crippen LogP contribution in [0.2, 0.25) is 5.02 Å². The predicted octanol–water partition coefficient (Wildman–Crippen LogP) is 3.56. The lowest BCUT2D eigenvalue weighted by atomic mass is 9.91. The summed E-state index contributed by atoms with van der Waals surface area (Å²) in [7, 11) is 3.91. The number of anilines is 1. The molecule has 0 fully saturated rings. The molecule has 0 spiro atoms. The van der Waals surface area contributed by atoms with Gasteiger partial charge in [-0.3, -0.25) is 0 Å². The van der Waals surface area contributed by atoms with E-state index in [2.05, 4.69) is 25.8 Å². The molecule has 1 aromatic heterocycles. The largest absolute Gasteiger partial charge is 0.362 e. The van der Waals surface area contributed by atoms with Crippen molar-refractivity contribution in [2.75, 3.05) is 19.0 Å². The van der Waals surface area contributed by atoms with E-state index in [1.807, 2.05) is 31.3 Å². The number of halogens is 1. The fourth-order valence-corrected chi connectivity index (χ4v) is 1.92. The van der Waals surface area contributed by atoms with Gasteiger partial charge < -0.3 is 4.90 Å². The Morgan fingerprint density at radius 1 is 1.27 bits per heavy atom. The maximum atomic E-state index is 6.34. The van der Waals surface area contributed by atoms with Gasteiger partial charge in [-0.05, 0) is 23.5 Å². The molecule has 0 aliphatic heterocycles. The minimum atomic E-state index is 0.458. The lowest BCUT2D eigenvalue weighted by Gasteiger charge is -2.21. The van der Waals surface area contributed by atoms with Crippen LogP contribution in [0.3, 0.4) is 0 Å². The van der Waals surface area contributed by atoms with Crippen molar-refractivity contribution in [3.05, 3.63) is 22.8 Å². The molecular formula is C12H19ClN2. The number of hydrogen-bond acceptors (Lipinski definition) is 2. The molecule has 0 N–H and O–H groups in total. The minimum absolute atomic E-state index is 0.458. The van der Waals surface area contributed by atoms with Crippen molar-refractivity contribution in [3.63, 3.8) is 0 Å². The zero-order chi connectivity index (χ0) is 11.6. The van der Waals surface area contributed by atoms with Gasteiger partial charge in [0.2, 0.25) is 0 Å². The van der Waals surface area contributed by atoms with Crippen molar-refractivity contribution in [2.45, 2.75) is 26.7 Å². The molecule has 1 unspecified atom stereocenters. The fraction of sp³-hybridized carbons (Fsp3) is 0.583. The highest BCUT2D eigenvalue weighted by Crippen LogP contribution is 2.33. The Morgan fingerprint density at radius 2 is 1.87 bits per heavy atom. The normalized spacial score (nSPS) is 13.0. The highest BCUT2D eigenvalue weighted by Gasteiger charge is 2.16. The molecule has 1 aromatic rings. The van der Waals surface area contributed by atoms with Crippen molar-refractivity contribution < 1.29 is 0 Å². The van der Waals surface area contributed by atoms with Crippen LogP contribution in [0.1, 0.15) is 32.3 Å². The van der Waals surface area contributed by atoms with E-state index < -0.39 is 0 Å². The fourth-order valence-electron chi connectivity index (χ4n) is 1.47. The van der Waals surface area contributed by atoms with Gasteiger partial charge in [0.25, 0.3) is 0 Å². The zero-order valence-electron chi connectivity index (χ0n) is 10.1. The lowest BCUT2D eigenvalue weighted by Crippen LogP contribution is -2.13. The number of aromatic nitrogens is 1. The molecule has 1 atom stereocenters. The summed E-state index contributed by atoms with van der Waals surface area (Å²) in [6, 6.07) is 2.01. The molecule has 0 bridgehead atoms. The van der Waals surface area contributed by atoms with Crippen LogP contribution in [0.4, 0.5) is 5.82 Å². The molecule has 0 amide bonds. The van der Waals surface area contributed by atoms with Crippen LogP contribution in [-0.2, 0) is 0 Å². The van der Waals surface area contributed by atoms with Gasteiger partial charge in [-0.2, -0.15) is 0 Å². The Labute approximate surface area is 97.3 Å². The Hall–Kier alpha value is -0.760. The second-order valence-corrected chi connectivity index (χ2v) is 4.84. The Balaban J connectivity index is 3.15. The van der Waals surface area contributed by atoms with Gasteiger partial charge in [-0.25, -0.2) is 4.98 Å². The molecule has 0 radical (unpaired) electrons. The Morgan fingerprint density at radius 3 is 2.33 bits per heavy atom. The first-order valence-electron chi connectivity index (χ1n) is 5.26. The van der Waals surface area contributed by atoms with Crippen LogP contribution in [0, 0.1) is 5.92 Å². The van der Waals surface area contributed by atoms with Crippen molar-refractivity contribution in [3.8, 4) is 0 Å². The average Bonchev–Trinajstić information content (AvgIpc) is 2.16. The van der Waals surface area contributed by atoms with Gasteiger partial charge in [0.05, 0.1) is 5.02 Å². The molecule has 1 heterocycles. The second-order valence-electron chi connectivity index (χ2n) is 4.46. The molecule has 2 nitrogen and oxygen atoms in total. The molecule has 0 saturated carbocycles. The van der Waals surface area contributed by atoms with Crippen LogP contribution >= 0.6 is 11.6 Å². The van der Waals surface area contributed by atoms with Crippen LogP contribution in [0.25, 0.3) is 0 Å². The smallest absolute Gasteiger partial charge is 0.147 e. The summed E-state index contributed by atoms with van der Waals surface area (Å²) < 4.78 is 0. The van der Waals surface area contributed by atoms with E-state index in [0.29, 0.717) is 11.8 Å². The van der Waals surface area contributed by atoms with E-state index >= 15 is 0 Å². The summed E-state index contributed by atoms with van der Waals surface area (Å²) >= 11 is 6.34. The van der Waals surface area contributed by atoms with E-state index in [1.165, 1.54) is 5.56 Å². The van der Waals surface area contributed by atoms with E-state index in [9.17, 15) is 0 Å². The van der Waals surface area contributed by atoms with Gasteiger partial charge in [-0.1, -0.05) is 32.4 Å². The van der Waals surface area contributed by atoms with Crippen molar-refractivity contribution in [2.24, 2.45) is 5.92 Å². The maximum Gasteiger partial charge on any atom is 0.147 e. The summed E-state index contributed by atoms with van der Waals surface area (Å²) in [5, 5.41) is 0.781. The summed E-state index contributed by atoms with van der Waals surface area (Å²) in [4.78, 5) is 6.22. The number of nitrogens with zero attached hydrogens (tertiary/aromatic N) is 2. The summed E-state index contributed by atoms with van der Waals surface area (Å²) in [6.07, 6.45) is 1.83. The standard InChI is InChI=1S/C12H19ClN2/c1-8(2)9(3)10-6-7-14-12(11(10)13)15(4)5/h6-9H,1-5H3. The first-order valence-corrected chi connectivity index (χ1v) is 5.64. The second kappa shape index (κ2) is 4.84. The van der Waals surface area contributed by atoms with Gasteiger partial charge in [0.15, 0.2) is 0 Å². The molecule has 1 rings (SSSR count). The Kier molecular flexibility index (Phi) is 3.97. The molecule has 0 aliphatic rings. The monoisotopic (exact) mass is 226 g/mol. The first kappa shape index (κ1) is 12.3. The third-order valence-electron chi connectivity index (χ3n) is 2.81. The number of rotatable bonds is 3. The van der Waals surface area contributed by atoms with Gasteiger partial charge in [0.1, 0.15) is 5.82 Å². The number of pyridine rings is 1. The third kappa shape index (κ3) is 2.63. The third-order valence-corrected chi connectivity index (χ3v) is 3.20. The van der Waals surface area contributed by atoms with Crippen molar-refractivity contribution in [1.82, 2.24) is 4.98 Å². The molecule has 0 aliphatic carbocycles. The van der Waals surface area contributed by atoms with Crippen LogP contribution < -0.4 is 4.90 Å². The number of hydrogen-bond donors (Lipinski definition) is 0. The minimum Gasteiger partial charge on any atom is -0.362 e. The van der Waals surface area contributed by atoms with Crippen molar-refractivity contribution in [1.29, 1.82) is 0 Å². The zero-order valence-corrected chi connectivity index (χ0v) is 10.8. The van der Waals surface area contributed by atoms with Gasteiger partial charge in [-0.15, -0.1) is 0 Å². The predicted molar refractivity (Wildman–Crippen MR) is 66.8 cm³/mol. The van der Waals surface area contributed by atoms with Crippen LogP contribution in [-0.4, -0.2) is 19.1 Å². The summed E-state index contributed by atoms with van der Waals surface area (Å²) in [6.45, 7) is 6.61. The van der Waals surface area contributed by atoms with E-state index in [0.717, 1.165) is 10.8 Å². The van der Waals surface area contributed by atoms with E-state index in [4.69, 9.17) is 11.6 Å². The van der Waals surface area contributed by atoms with Crippen molar-refractivity contribution >= 4 is 17.4 Å². The van der Waals surface area contributed by atoms with Gasteiger partial charge >= 0.3 is 0 Å². The molecule has 0 aromatic carbocycles. The summed E-state index contributed by atoms with van der Waals surface area (Å²) in [5.74, 6) is 1.89.